The van der Waals surface area contributed by atoms with Crippen molar-refractivity contribution >= 4 is 0 Å². The lowest BCUT2D eigenvalue weighted by Crippen LogP contribution is -2.12. The lowest BCUT2D eigenvalue weighted by atomic mass is 10.1. The zero-order valence-electron chi connectivity index (χ0n) is 9.88. The topological polar surface area (TPSA) is 68.4 Å². The quantitative estimate of drug-likeness (QED) is 0.826. The van der Waals surface area contributed by atoms with Gasteiger partial charge in [0.2, 0.25) is 11.7 Å². The van der Waals surface area contributed by atoms with Crippen LogP contribution in [0.1, 0.15) is 50.4 Å². The molecular weight excluding hydrogens is 208 g/mol. The Bertz CT molecular complexity index is 347. The Hall–Kier alpha value is -0.940. The van der Waals surface area contributed by atoms with Crippen LogP contribution in [0.2, 0.25) is 0 Å². The predicted molar refractivity (Wildman–Crippen MR) is 56.9 cm³/mol. The van der Waals surface area contributed by atoms with Crippen molar-refractivity contribution in [2.24, 2.45) is 5.92 Å². The van der Waals surface area contributed by atoms with Crippen LogP contribution >= 0.6 is 0 Å². The summed E-state index contributed by atoms with van der Waals surface area (Å²) in [7, 11) is 1.66. The fourth-order valence-electron chi connectivity index (χ4n) is 1.66. The third kappa shape index (κ3) is 2.25. The Morgan fingerprint density at radius 2 is 2.12 bits per heavy atom. The summed E-state index contributed by atoms with van der Waals surface area (Å²) >= 11 is 0. The largest absolute Gasteiger partial charge is 0.393 e. The molecule has 16 heavy (non-hydrogen) atoms. The smallest absolute Gasteiger partial charge is 0.232 e. The molecule has 5 nitrogen and oxygen atoms in total. The van der Waals surface area contributed by atoms with Crippen molar-refractivity contribution in [3.05, 3.63) is 11.7 Å². The zero-order valence-corrected chi connectivity index (χ0v) is 9.88. The first-order valence-corrected chi connectivity index (χ1v) is 5.67. The number of rotatable bonds is 5. The highest BCUT2D eigenvalue weighted by molar-refractivity contribution is 5.01. The van der Waals surface area contributed by atoms with Gasteiger partial charge in [-0.05, 0) is 25.7 Å². The van der Waals surface area contributed by atoms with E-state index < -0.39 is 6.10 Å². The molecule has 1 aromatic rings. The van der Waals surface area contributed by atoms with Crippen LogP contribution in [0, 0.1) is 5.92 Å². The highest BCUT2D eigenvalue weighted by Crippen LogP contribution is 2.42. The van der Waals surface area contributed by atoms with Crippen molar-refractivity contribution in [1.82, 2.24) is 10.1 Å². The van der Waals surface area contributed by atoms with Crippen LogP contribution in [-0.4, -0.2) is 28.5 Å². The van der Waals surface area contributed by atoms with Crippen LogP contribution in [0.4, 0.5) is 0 Å². The van der Waals surface area contributed by atoms with Gasteiger partial charge in [-0.3, -0.25) is 0 Å². The maximum Gasteiger partial charge on any atom is 0.232 e. The molecule has 1 fully saturated rings. The lowest BCUT2D eigenvalue weighted by molar-refractivity contribution is 0.0751. The average Bonchev–Trinajstić information content (AvgIpc) is 2.96. The van der Waals surface area contributed by atoms with Crippen LogP contribution in [0.3, 0.4) is 0 Å². The highest BCUT2D eigenvalue weighted by Gasteiger charge is 2.36. The van der Waals surface area contributed by atoms with E-state index in [9.17, 15) is 5.11 Å². The second kappa shape index (κ2) is 4.51. The summed E-state index contributed by atoms with van der Waals surface area (Å²) in [5.41, 5.74) is 0. The summed E-state index contributed by atoms with van der Waals surface area (Å²) in [5.74, 6) is 1.47. The van der Waals surface area contributed by atoms with Crippen LogP contribution in [-0.2, 0) is 4.74 Å². The zero-order chi connectivity index (χ0) is 11.7. The Morgan fingerprint density at radius 1 is 1.44 bits per heavy atom. The van der Waals surface area contributed by atoms with Crippen molar-refractivity contribution < 1.29 is 14.4 Å². The predicted octanol–water partition coefficient (Wildman–Crippen LogP) is 1.65. The number of aromatic nitrogens is 2. The molecule has 2 rings (SSSR count). The van der Waals surface area contributed by atoms with Gasteiger partial charge in [0.25, 0.3) is 0 Å². The molecule has 1 aliphatic carbocycles. The van der Waals surface area contributed by atoms with E-state index in [1.54, 1.807) is 14.0 Å². The van der Waals surface area contributed by atoms with E-state index in [0.717, 1.165) is 12.8 Å². The molecule has 0 radical (unpaired) electrons. The molecule has 1 aliphatic rings. The molecule has 0 saturated heterocycles. The number of methoxy groups -OCH3 is 1. The minimum absolute atomic E-state index is 0.0568. The third-order valence-electron chi connectivity index (χ3n) is 3.13. The van der Waals surface area contributed by atoms with Crippen molar-refractivity contribution in [2.45, 2.75) is 44.8 Å². The Labute approximate surface area is 94.8 Å². The lowest BCUT2D eigenvalue weighted by Gasteiger charge is -2.09. The van der Waals surface area contributed by atoms with Gasteiger partial charge < -0.3 is 14.4 Å². The summed E-state index contributed by atoms with van der Waals surface area (Å²) in [5, 5.41) is 13.4. The van der Waals surface area contributed by atoms with Crippen LogP contribution in [0.15, 0.2) is 4.52 Å². The summed E-state index contributed by atoms with van der Waals surface area (Å²) in [6, 6.07) is 0. The van der Waals surface area contributed by atoms with Crippen molar-refractivity contribution in [3.8, 4) is 0 Å². The maximum atomic E-state index is 9.44. The second-order valence-electron chi connectivity index (χ2n) is 4.51. The van der Waals surface area contributed by atoms with Gasteiger partial charge in [0.15, 0.2) is 0 Å². The number of aliphatic hydroxyl groups excluding tert-OH is 1. The van der Waals surface area contributed by atoms with E-state index in [-0.39, 0.29) is 12.0 Å². The summed E-state index contributed by atoms with van der Waals surface area (Å²) in [6.45, 7) is 3.57. The van der Waals surface area contributed by atoms with Gasteiger partial charge in [-0.15, -0.1) is 0 Å². The van der Waals surface area contributed by atoms with Gasteiger partial charge in [-0.25, -0.2) is 0 Å². The fraction of sp³-hybridized carbons (Fsp3) is 0.818. The van der Waals surface area contributed by atoms with Crippen molar-refractivity contribution in [3.63, 3.8) is 0 Å². The van der Waals surface area contributed by atoms with Crippen LogP contribution < -0.4 is 0 Å². The first kappa shape index (κ1) is 11.5. The maximum absolute atomic E-state index is 9.44. The molecule has 0 bridgehead atoms. The summed E-state index contributed by atoms with van der Waals surface area (Å²) in [6.07, 6.45) is 1.77. The molecule has 90 valence electrons. The van der Waals surface area contributed by atoms with E-state index in [0.29, 0.717) is 17.6 Å². The van der Waals surface area contributed by atoms with Gasteiger partial charge >= 0.3 is 0 Å². The highest BCUT2D eigenvalue weighted by atomic mass is 16.5. The van der Waals surface area contributed by atoms with E-state index in [4.69, 9.17) is 9.26 Å². The van der Waals surface area contributed by atoms with Gasteiger partial charge in [0.05, 0.1) is 12.0 Å². The molecule has 0 aliphatic heterocycles. The molecule has 0 amide bonds. The number of hydrogen-bond acceptors (Lipinski definition) is 5. The van der Waals surface area contributed by atoms with E-state index in [1.807, 2.05) is 6.92 Å². The number of hydrogen-bond donors (Lipinski definition) is 1. The number of aliphatic hydroxyl groups is 1. The molecule has 1 saturated carbocycles. The Morgan fingerprint density at radius 3 is 2.62 bits per heavy atom. The SMILES string of the molecule is COC(c1noc(C(C)C(C)O)n1)C1CC1. The molecular formula is C11H18N2O3. The standard InChI is InChI=1S/C11H18N2O3/c1-6(7(2)14)11-12-10(13-16-11)9(15-3)8-4-5-8/h6-9,14H,4-5H2,1-3H3. The monoisotopic (exact) mass is 226 g/mol. The van der Waals surface area contributed by atoms with Crippen LogP contribution in [0.5, 0.6) is 0 Å². The molecule has 3 unspecified atom stereocenters. The van der Waals surface area contributed by atoms with Crippen molar-refractivity contribution in [2.75, 3.05) is 7.11 Å². The minimum Gasteiger partial charge on any atom is -0.393 e. The van der Waals surface area contributed by atoms with E-state index in [1.165, 1.54) is 0 Å². The molecule has 5 heteroatoms. The minimum atomic E-state index is -0.491. The Kier molecular flexibility index (Phi) is 3.25. The van der Waals surface area contributed by atoms with E-state index in [2.05, 4.69) is 10.1 Å². The first-order chi connectivity index (χ1) is 7.63. The fourth-order valence-corrected chi connectivity index (χ4v) is 1.66. The molecule has 3 atom stereocenters. The van der Waals surface area contributed by atoms with Gasteiger partial charge in [0.1, 0.15) is 6.10 Å². The van der Waals surface area contributed by atoms with Gasteiger partial charge in [0, 0.05) is 7.11 Å². The van der Waals surface area contributed by atoms with Gasteiger partial charge in [-0.1, -0.05) is 12.1 Å². The molecule has 1 aromatic heterocycles. The Balaban J connectivity index is 2.11. The normalized spacial score (nSPS) is 21.8. The summed E-state index contributed by atoms with van der Waals surface area (Å²) < 4.78 is 10.5. The second-order valence-corrected chi connectivity index (χ2v) is 4.51. The number of ether oxygens (including phenoxy) is 1. The van der Waals surface area contributed by atoms with Crippen molar-refractivity contribution in [1.29, 1.82) is 0 Å². The van der Waals surface area contributed by atoms with E-state index >= 15 is 0 Å². The molecule has 0 aromatic carbocycles. The molecule has 1 N–H and O–H groups in total. The van der Waals surface area contributed by atoms with Crippen LogP contribution in [0.25, 0.3) is 0 Å². The third-order valence-corrected chi connectivity index (χ3v) is 3.13. The number of nitrogens with zero attached hydrogens (tertiary/aromatic N) is 2. The van der Waals surface area contributed by atoms with Gasteiger partial charge in [-0.2, -0.15) is 4.98 Å². The molecule has 0 spiro atoms. The summed E-state index contributed by atoms with van der Waals surface area (Å²) in [4.78, 5) is 4.30. The molecule has 1 heterocycles. The first-order valence-electron chi connectivity index (χ1n) is 5.67. The average molecular weight is 226 g/mol.